The Morgan fingerprint density at radius 1 is 1.42 bits per heavy atom. The van der Waals surface area contributed by atoms with E-state index < -0.39 is 0 Å². The minimum absolute atomic E-state index is 0.142. The van der Waals surface area contributed by atoms with Gasteiger partial charge in [0, 0.05) is 37.7 Å². The number of nitrogens with zero attached hydrogens (tertiary/aromatic N) is 3. The maximum atomic E-state index is 12.1. The van der Waals surface area contributed by atoms with Crippen molar-refractivity contribution in [1.82, 2.24) is 25.3 Å². The summed E-state index contributed by atoms with van der Waals surface area (Å²) in [5.74, 6) is 1.91. The first kappa shape index (κ1) is 16.5. The van der Waals surface area contributed by atoms with Gasteiger partial charge in [-0.3, -0.25) is 0 Å². The van der Waals surface area contributed by atoms with Crippen LogP contribution in [-0.2, 0) is 19.4 Å². The summed E-state index contributed by atoms with van der Waals surface area (Å²) in [5.41, 5.74) is 2.79. The number of urea groups is 1. The maximum absolute atomic E-state index is 12.1. The smallest absolute Gasteiger partial charge is 0.315 e. The van der Waals surface area contributed by atoms with Gasteiger partial charge in [0.25, 0.3) is 0 Å². The average Bonchev–Trinajstić information content (AvgIpc) is 3.09. The van der Waals surface area contributed by atoms with Gasteiger partial charge in [-0.2, -0.15) is 0 Å². The molecule has 0 fully saturated rings. The van der Waals surface area contributed by atoms with Gasteiger partial charge in [-0.25, -0.2) is 9.78 Å². The Morgan fingerprint density at radius 3 is 2.96 bits per heavy atom. The van der Waals surface area contributed by atoms with Crippen LogP contribution in [0.4, 0.5) is 4.79 Å². The van der Waals surface area contributed by atoms with Crippen LogP contribution < -0.4 is 10.6 Å². The fourth-order valence-electron chi connectivity index (χ4n) is 3.32. The van der Waals surface area contributed by atoms with E-state index in [-0.39, 0.29) is 12.1 Å². The summed E-state index contributed by atoms with van der Waals surface area (Å²) in [6.45, 7) is 7.28. The molecule has 0 aromatic carbocycles. The van der Waals surface area contributed by atoms with Crippen LogP contribution in [0.1, 0.15) is 54.3 Å². The average molecular weight is 331 g/mol. The molecule has 0 saturated carbocycles. The second-order valence-electron chi connectivity index (χ2n) is 6.41. The van der Waals surface area contributed by atoms with Gasteiger partial charge in [0.1, 0.15) is 11.6 Å². The number of hydrogen-bond donors (Lipinski definition) is 2. The molecule has 2 aromatic heterocycles. The van der Waals surface area contributed by atoms with E-state index in [9.17, 15) is 4.79 Å². The molecule has 130 valence electrons. The van der Waals surface area contributed by atoms with E-state index in [2.05, 4.69) is 31.5 Å². The summed E-state index contributed by atoms with van der Waals surface area (Å²) < 4.78 is 7.38. The summed E-state index contributed by atoms with van der Waals surface area (Å²) in [6.07, 6.45) is 6.36. The van der Waals surface area contributed by atoms with Crippen LogP contribution in [0.15, 0.2) is 10.7 Å². The minimum atomic E-state index is -0.188. The van der Waals surface area contributed by atoms with Crippen molar-refractivity contribution >= 4 is 6.03 Å². The number of carbonyl (C=O) groups is 1. The molecule has 3 heterocycles. The molecule has 1 aliphatic heterocycles. The summed E-state index contributed by atoms with van der Waals surface area (Å²) in [6, 6.07) is -0.331. The quantitative estimate of drug-likeness (QED) is 0.881. The lowest BCUT2D eigenvalue weighted by atomic mass is 10.1. The number of rotatable bonds is 5. The zero-order valence-electron chi connectivity index (χ0n) is 14.6. The third-order valence-electron chi connectivity index (χ3n) is 4.49. The van der Waals surface area contributed by atoms with Crippen LogP contribution in [0.2, 0.25) is 0 Å². The monoisotopic (exact) mass is 331 g/mol. The predicted molar refractivity (Wildman–Crippen MR) is 89.8 cm³/mol. The van der Waals surface area contributed by atoms with Gasteiger partial charge in [0.05, 0.1) is 17.4 Å². The highest BCUT2D eigenvalue weighted by Gasteiger charge is 2.18. The largest absolute Gasteiger partial charge is 0.361 e. The summed E-state index contributed by atoms with van der Waals surface area (Å²) in [5, 5.41) is 9.74. The topological polar surface area (TPSA) is 85.0 Å². The molecule has 2 aromatic rings. The number of hydrogen-bond acceptors (Lipinski definition) is 4. The molecule has 0 radical (unpaired) electrons. The lowest BCUT2D eigenvalue weighted by Crippen LogP contribution is -2.38. The first-order valence-electron chi connectivity index (χ1n) is 8.56. The molecule has 0 saturated heterocycles. The van der Waals surface area contributed by atoms with Gasteiger partial charge in [0.2, 0.25) is 0 Å². The van der Waals surface area contributed by atoms with Crippen LogP contribution in [0, 0.1) is 13.8 Å². The summed E-state index contributed by atoms with van der Waals surface area (Å²) >= 11 is 0. The Kier molecular flexibility index (Phi) is 4.87. The van der Waals surface area contributed by atoms with E-state index in [4.69, 9.17) is 4.52 Å². The van der Waals surface area contributed by atoms with Crippen molar-refractivity contribution in [2.24, 2.45) is 0 Å². The molecule has 7 heteroatoms. The molecule has 1 unspecified atom stereocenters. The normalized spacial score (nSPS) is 15.0. The van der Waals surface area contributed by atoms with Gasteiger partial charge in [-0.1, -0.05) is 5.16 Å². The summed E-state index contributed by atoms with van der Waals surface area (Å²) in [4.78, 5) is 16.7. The van der Waals surface area contributed by atoms with Crippen molar-refractivity contribution in [3.8, 4) is 0 Å². The van der Waals surface area contributed by atoms with Crippen LogP contribution in [-0.4, -0.2) is 27.3 Å². The van der Waals surface area contributed by atoms with Gasteiger partial charge in [-0.05, 0) is 33.6 Å². The Morgan fingerprint density at radius 2 is 2.25 bits per heavy atom. The van der Waals surface area contributed by atoms with Crippen LogP contribution in [0.3, 0.4) is 0 Å². The molecule has 7 nitrogen and oxygen atoms in total. The number of nitrogens with one attached hydrogen (secondary N) is 2. The SMILES string of the molecule is Cc1noc(C)c1C(C)NC(=O)NCCc1cn2c(n1)CCCC2. The highest BCUT2D eigenvalue weighted by Crippen LogP contribution is 2.20. The molecule has 0 aliphatic carbocycles. The van der Waals surface area contributed by atoms with Crippen molar-refractivity contribution in [2.45, 2.75) is 59.0 Å². The van der Waals surface area contributed by atoms with Crippen LogP contribution in [0.5, 0.6) is 0 Å². The van der Waals surface area contributed by atoms with Gasteiger partial charge in [-0.15, -0.1) is 0 Å². The highest BCUT2D eigenvalue weighted by atomic mass is 16.5. The zero-order chi connectivity index (χ0) is 17.1. The molecule has 24 heavy (non-hydrogen) atoms. The molecule has 1 aliphatic rings. The highest BCUT2D eigenvalue weighted by molar-refractivity contribution is 5.74. The van der Waals surface area contributed by atoms with E-state index in [1.165, 1.54) is 18.7 Å². The van der Waals surface area contributed by atoms with Gasteiger partial charge >= 0.3 is 6.03 Å². The van der Waals surface area contributed by atoms with Crippen molar-refractivity contribution in [3.63, 3.8) is 0 Å². The first-order valence-corrected chi connectivity index (χ1v) is 8.56. The number of aromatic nitrogens is 3. The number of imidazole rings is 1. The lowest BCUT2D eigenvalue weighted by Gasteiger charge is -2.14. The van der Waals surface area contributed by atoms with Gasteiger partial charge in [0.15, 0.2) is 0 Å². The lowest BCUT2D eigenvalue weighted by molar-refractivity contribution is 0.238. The van der Waals surface area contributed by atoms with E-state index in [1.807, 2.05) is 20.8 Å². The van der Waals surface area contributed by atoms with E-state index >= 15 is 0 Å². The first-order chi connectivity index (χ1) is 11.5. The van der Waals surface area contributed by atoms with Crippen LogP contribution in [0.25, 0.3) is 0 Å². The second kappa shape index (κ2) is 7.07. The number of fused-ring (bicyclic) bond motifs is 1. The molecule has 2 amide bonds. The zero-order valence-corrected chi connectivity index (χ0v) is 14.6. The predicted octanol–water partition coefficient (Wildman–Crippen LogP) is 2.43. The Balaban J connectivity index is 1.46. The number of aryl methyl sites for hydroxylation is 4. The van der Waals surface area contributed by atoms with Crippen molar-refractivity contribution in [1.29, 1.82) is 0 Å². The maximum Gasteiger partial charge on any atom is 0.315 e. The fourth-order valence-corrected chi connectivity index (χ4v) is 3.32. The number of amides is 2. The summed E-state index contributed by atoms with van der Waals surface area (Å²) in [7, 11) is 0. The minimum Gasteiger partial charge on any atom is -0.361 e. The second-order valence-corrected chi connectivity index (χ2v) is 6.41. The molecule has 0 bridgehead atoms. The number of carbonyl (C=O) groups excluding carboxylic acids is 1. The molecule has 3 rings (SSSR count). The Labute approximate surface area is 141 Å². The molecule has 1 atom stereocenters. The standard InChI is InChI=1S/C17H25N5O2/c1-11(16-12(2)21-24-13(16)3)19-17(23)18-8-7-14-10-22-9-5-4-6-15(22)20-14/h10-11H,4-9H2,1-3H3,(H2,18,19,23). The Hall–Kier alpha value is -2.31. The molecular formula is C17H25N5O2. The van der Waals surface area contributed by atoms with E-state index in [0.29, 0.717) is 6.54 Å². The molecule has 0 spiro atoms. The fraction of sp³-hybridized carbons (Fsp3) is 0.588. The van der Waals surface area contributed by atoms with Crippen LogP contribution >= 0.6 is 0 Å². The van der Waals surface area contributed by atoms with Gasteiger partial charge < -0.3 is 19.7 Å². The van der Waals surface area contributed by atoms with Crippen molar-refractivity contribution in [3.05, 3.63) is 34.7 Å². The van der Waals surface area contributed by atoms with Crippen molar-refractivity contribution < 1.29 is 9.32 Å². The third-order valence-corrected chi connectivity index (χ3v) is 4.49. The Bertz CT molecular complexity index is 676. The molecule has 2 N–H and O–H groups in total. The van der Waals surface area contributed by atoms with E-state index in [1.54, 1.807) is 0 Å². The van der Waals surface area contributed by atoms with Crippen molar-refractivity contribution in [2.75, 3.05) is 6.54 Å². The molecular weight excluding hydrogens is 306 g/mol. The van der Waals surface area contributed by atoms with E-state index in [0.717, 1.165) is 42.1 Å². The third kappa shape index (κ3) is 3.60.